The van der Waals surface area contributed by atoms with E-state index in [1.54, 1.807) is 25.3 Å². The summed E-state index contributed by atoms with van der Waals surface area (Å²) in [6.45, 7) is 2.16. The SMILES string of the molecule is COC(OC)C(C)NC1C2CCC1Cc1ccccc1C2. The van der Waals surface area contributed by atoms with E-state index in [-0.39, 0.29) is 12.3 Å². The van der Waals surface area contributed by atoms with Gasteiger partial charge >= 0.3 is 0 Å². The predicted molar refractivity (Wildman–Crippen MR) is 84.3 cm³/mol. The quantitative estimate of drug-likeness (QED) is 0.846. The van der Waals surface area contributed by atoms with Crippen LogP contribution in [0.5, 0.6) is 0 Å². The molecule has 21 heavy (non-hydrogen) atoms. The fourth-order valence-electron chi connectivity index (χ4n) is 4.31. The molecule has 1 fully saturated rings. The Morgan fingerprint density at radius 3 is 2.00 bits per heavy atom. The van der Waals surface area contributed by atoms with Gasteiger partial charge in [-0.15, -0.1) is 0 Å². The standard InChI is InChI=1S/C18H27NO2/c1-12(18(20-2)21-3)19-17-15-8-9-16(17)11-14-7-5-4-6-13(14)10-15/h4-7,12,15-19H,8-11H2,1-3H3. The molecule has 3 nitrogen and oxygen atoms in total. The van der Waals surface area contributed by atoms with Crippen LogP contribution in [-0.2, 0) is 22.3 Å². The minimum absolute atomic E-state index is 0.171. The Labute approximate surface area is 128 Å². The second-order valence-electron chi connectivity index (χ2n) is 6.60. The summed E-state index contributed by atoms with van der Waals surface area (Å²) in [6, 6.07) is 9.77. The molecule has 3 rings (SSSR count). The van der Waals surface area contributed by atoms with Crippen LogP contribution in [0.3, 0.4) is 0 Å². The molecule has 116 valence electrons. The number of rotatable bonds is 5. The molecule has 0 aliphatic heterocycles. The summed E-state index contributed by atoms with van der Waals surface area (Å²) >= 11 is 0. The van der Waals surface area contributed by atoms with Crippen LogP contribution in [0.2, 0.25) is 0 Å². The first-order chi connectivity index (χ1) is 10.2. The molecule has 2 aliphatic carbocycles. The molecule has 3 heteroatoms. The number of nitrogens with one attached hydrogen (secondary N) is 1. The molecule has 1 N–H and O–H groups in total. The molecule has 0 aromatic heterocycles. The van der Waals surface area contributed by atoms with Gasteiger partial charge in [0.1, 0.15) is 0 Å². The number of hydrogen-bond donors (Lipinski definition) is 1. The van der Waals surface area contributed by atoms with E-state index in [0.717, 1.165) is 11.8 Å². The van der Waals surface area contributed by atoms with Crippen molar-refractivity contribution in [1.29, 1.82) is 0 Å². The van der Waals surface area contributed by atoms with E-state index in [1.165, 1.54) is 25.7 Å². The van der Waals surface area contributed by atoms with Crippen LogP contribution in [0, 0.1) is 11.8 Å². The molecule has 1 aromatic carbocycles. The summed E-state index contributed by atoms with van der Waals surface area (Å²) < 4.78 is 10.8. The van der Waals surface area contributed by atoms with Crippen LogP contribution in [0.4, 0.5) is 0 Å². The molecule has 3 unspecified atom stereocenters. The summed E-state index contributed by atoms with van der Waals surface area (Å²) in [6.07, 6.45) is 4.93. The zero-order valence-corrected chi connectivity index (χ0v) is 13.3. The maximum absolute atomic E-state index is 5.40. The lowest BCUT2D eigenvalue weighted by Gasteiger charge is -2.30. The number of hydrogen-bond acceptors (Lipinski definition) is 3. The van der Waals surface area contributed by atoms with E-state index in [2.05, 4.69) is 36.5 Å². The van der Waals surface area contributed by atoms with Gasteiger partial charge in [-0.1, -0.05) is 24.3 Å². The Balaban J connectivity index is 1.74. The highest BCUT2D eigenvalue weighted by Gasteiger charge is 2.40. The van der Waals surface area contributed by atoms with Crippen molar-refractivity contribution in [2.75, 3.05) is 14.2 Å². The Bertz CT molecular complexity index is 439. The van der Waals surface area contributed by atoms with Crippen molar-refractivity contribution < 1.29 is 9.47 Å². The normalized spacial score (nSPS) is 29.2. The van der Waals surface area contributed by atoms with E-state index in [1.807, 2.05) is 0 Å². The van der Waals surface area contributed by atoms with Crippen LogP contribution in [0.1, 0.15) is 30.9 Å². The molecule has 0 radical (unpaired) electrons. The van der Waals surface area contributed by atoms with Gasteiger partial charge < -0.3 is 14.8 Å². The van der Waals surface area contributed by atoms with Crippen LogP contribution < -0.4 is 5.32 Å². The van der Waals surface area contributed by atoms with Gasteiger partial charge in [0.05, 0.1) is 6.04 Å². The molecule has 0 saturated heterocycles. The minimum Gasteiger partial charge on any atom is -0.354 e. The van der Waals surface area contributed by atoms with Crippen molar-refractivity contribution in [2.45, 2.75) is 51.0 Å². The van der Waals surface area contributed by atoms with E-state index < -0.39 is 0 Å². The fraction of sp³-hybridized carbons (Fsp3) is 0.667. The largest absolute Gasteiger partial charge is 0.354 e. The number of ether oxygens (including phenoxy) is 2. The Hall–Kier alpha value is -0.900. The lowest BCUT2D eigenvalue weighted by atomic mass is 9.94. The highest BCUT2D eigenvalue weighted by Crippen LogP contribution is 2.40. The predicted octanol–water partition coefficient (Wildman–Crippen LogP) is 2.78. The van der Waals surface area contributed by atoms with Gasteiger partial charge in [-0.25, -0.2) is 0 Å². The highest BCUT2D eigenvalue weighted by atomic mass is 16.7. The second-order valence-corrected chi connectivity index (χ2v) is 6.60. The topological polar surface area (TPSA) is 30.5 Å². The maximum Gasteiger partial charge on any atom is 0.171 e. The first kappa shape index (κ1) is 15.0. The van der Waals surface area contributed by atoms with Crippen LogP contribution in [-0.4, -0.2) is 32.6 Å². The Kier molecular flexibility index (Phi) is 4.63. The molecule has 3 atom stereocenters. The first-order valence-corrected chi connectivity index (χ1v) is 8.11. The third-order valence-corrected chi connectivity index (χ3v) is 5.33. The number of fused-ring (bicyclic) bond motifs is 3. The van der Waals surface area contributed by atoms with Gasteiger partial charge in [-0.2, -0.15) is 0 Å². The molecular formula is C18H27NO2. The molecule has 2 bridgehead atoms. The summed E-state index contributed by atoms with van der Waals surface area (Å²) in [5.74, 6) is 1.49. The fourth-order valence-corrected chi connectivity index (χ4v) is 4.31. The zero-order chi connectivity index (χ0) is 14.8. The second kappa shape index (κ2) is 6.47. The Morgan fingerprint density at radius 2 is 1.52 bits per heavy atom. The van der Waals surface area contributed by atoms with Crippen LogP contribution in [0.15, 0.2) is 24.3 Å². The molecule has 0 heterocycles. The average Bonchev–Trinajstić information content (AvgIpc) is 2.75. The summed E-state index contributed by atoms with van der Waals surface area (Å²) in [7, 11) is 3.42. The molecule has 0 amide bonds. The molecule has 1 aromatic rings. The lowest BCUT2D eigenvalue weighted by Crippen LogP contribution is -2.49. The third kappa shape index (κ3) is 3.01. The van der Waals surface area contributed by atoms with E-state index in [9.17, 15) is 0 Å². The van der Waals surface area contributed by atoms with Gasteiger partial charge in [0.25, 0.3) is 0 Å². The van der Waals surface area contributed by atoms with Gasteiger partial charge in [0.15, 0.2) is 6.29 Å². The van der Waals surface area contributed by atoms with Crippen molar-refractivity contribution in [1.82, 2.24) is 5.32 Å². The van der Waals surface area contributed by atoms with Gasteiger partial charge in [-0.05, 0) is 55.6 Å². The summed E-state index contributed by atoms with van der Waals surface area (Å²) in [4.78, 5) is 0. The Morgan fingerprint density at radius 1 is 1.00 bits per heavy atom. The van der Waals surface area contributed by atoms with Crippen molar-refractivity contribution in [3.63, 3.8) is 0 Å². The third-order valence-electron chi connectivity index (χ3n) is 5.33. The van der Waals surface area contributed by atoms with Gasteiger partial charge in [-0.3, -0.25) is 0 Å². The monoisotopic (exact) mass is 289 g/mol. The zero-order valence-electron chi connectivity index (χ0n) is 13.3. The van der Waals surface area contributed by atoms with Crippen molar-refractivity contribution in [3.05, 3.63) is 35.4 Å². The highest BCUT2D eigenvalue weighted by molar-refractivity contribution is 5.30. The van der Waals surface area contributed by atoms with E-state index >= 15 is 0 Å². The average molecular weight is 289 g/mol. The molecule has 0 spiro atoms. The van der Waals surface area contributed by atoms with Crippen molar-refractivity contribution in [2.24, 2.45) is 11.8 Å². The van der Waals surface area contributed by atoms with Crippen molar-refractivity contribution >= 4 is 0 Å². The lowest BCUT2D eigenvalue weighted by molar-refractivity contribution is -0.122. The van der Waals surface area contributed by atoms with Gasteiger partial charge in [0, 0.05) is 20.3 Å². The van der Waals surface area contributed by atoms with Crippen LogP contribution in [0.25, 0.3) is 0 Å². The summed E-state index contributed by atoms with van der Waals surface area (Å²) in [5.41, 5.74) is 3.11. The van der Waals surface area contributed by atoms with E-state index in [0.29, 0.717) is 6.04 Å². The summed E-state index contributed by atoms with van der Waals surface area (Å²) in [5, 5.41) is 3.81. The minimum atomic E-state index is -0.171. The smallest absolute Gasteiger partial charge is 0.171 e. The van der Waals surface area contributed by atoms with Crippen LogP contribution >= 0.6 is 0 Å². The van der Waals surface area contributed by atoms with Gasteiger partial charge in [0.2, 0.25) is 0 Å². The number of methoxy groups -OCH3 is 2. The molecule has 1 saturated carbocycles. The first-order valence-electron chi connectivity index (χ1n) is 8.11. The van der Waals surface area contributed by atoms with Crippen molar-refractivity contribution in [3.8, 4) is 0 Å². The maximum atomic E-state index is 5.40. The molecule has 2 aliphatic rings. The van der Waals surface area contributed by atoms with E-state index in [4.69, 9.17) is 9.47 Å². The number of benzene rings is 1. The molecular weight excluding hydrogens is 262 g/mol.